The van der Waals surface area contributed by atoms with Crippen LogP contribution in [0, 0.1) is 0 Å². The number of sulfonamides is 1. The van der Waals surface area contributed by atoms with Crippen molar-refractivity contribution in [3.05, 3.63) is 0 Å². The molecule has 10 heteroatoms. The summed E-state index contributed by atoms with van der Waals surface area (Å²) in [6, 6.07) is -0.257. The number of nitrogens with one attached hydrogen (secondary N) is 1. The van der Waals surface area contributed by atoms with Crippen molar-refractivity contribution in [2.45, 2.75) is 38.1 Å². The lowest BCUT2D eigenvalue weighted by molar-refractivity contribution is -0.185. The Labute approximate surface area is 121 Å². The number of hydrogen-bond acceptors (Lipinski definition) is 4. The third kappa shape index (κ3) is 6.62. The standard InChI is InChI=1S/C11H19F3N2O4S/c1-8(20-7-11(12,13)14)10(17)15-9-3-5-16(6-4-9)21(2,18)19/h8-9H,3-7H2,1-2H3,(H,15,17)/t8-/m1/s1. The van der Waals surface area contributed by atoms with Gasteiger partial charge in [-0.05, 0) is 19.8 Å². The van der Waals surface area contributed by atoms with Crippen LogP contribution in [0.5, 0.6) is 0 Å². The molecule has 124 valence electrons. The van der Waals surface area contributed by atoms with Crippen LogP contribution in [0.3, 0.4) is 0 Å². The monoisotopic (exact) mass is 332 g/mol. The summed E-state index contributed by atoms with van der Waals surface area (Å²) in [7, 11) is -3.25. The van der Waals surface area contributed by atoms with Crippen LogP contribution in [-0.4, -0.2) is 62.9 Å². The normalized spacial score (nSPS) is 20.2. The van der Waals surface area contributed by atoms with Crippen LogP contribution in [0.4, 0.5) is 13.2 Å². The number of nitrogens with zero attached hydrogens (tertiary/aromatic N) is 1. The fourth-order valence-corrected chi connectivity index (χ4v) is 2.82. The summed E-state index contributed by atoms with van der Waals surface area (Å²) in [5.74, 6) is -0.628. The minimum atomic E-state index is -4.48. The molecule has 1 fully saturated rings. The molecule has 1 aliphatic rings. The first kappa shape index (κ1) is 18.2. The van der Waals surface area contributed by atoms with Crippen LogP contribution in [-0.2, 0) is 19.6 Å². The summed E-state index contributed by atoms with van der Waals surface area (Å²) in [5, 5.41) is 2.57. The molecule has 1 heterocycles. The Hall–Kier alpha value is -0.870. The number of piperidine rings is 1. The number of amides is 1. The quantitative estimate of drug-likeness (QED) is 0.795. The molecule has 0 saturated carbocycles. The molecule has 6 nitrogen and oxygen atoms in total. The SMILES string of the molecule is C[C@@H](OCC(F)(F)F)C(=O)NC1CCN(S(C)(=O)=O)CC1. The van der Waals surface area contributed by atoms with Crippen LogP contribution >= 0.6 is 0 Å². The molecule has 0 aromatic carbocycles. The minimum absolute atomic E-state index is 0.257. The predicted octanol–water partition coefficient (Wildman–Crippen LogP) is 0.494. The average molecular weight is 332 g/mol. The first-order chi connectivity index (χ1) is 9.49. The lowest BCUT2D eigenvalue weighted by Gasteiger charge is -2.31. The minimum Gasteiger partial charge on any atom is -0.359 e. The second-order valence-corrected chi connectivity index (χ2v) is 7.00. The lowest BCUT2D eigenvalue weighted by atomic mass is 10.1. The van der Waals surface area contributed by atoms with E-state index < -0.39 is 34.8 Å². The van der Waals surface area contributed by atoms with Crippen molar-refractivity contribution >= 4 is 15.9 Å². The summed E-state index contributed by atoms with van der Waals surface area (Å²) in [5.41, 5.74) is 0. The van der Waals surface area contributed by atoms with Gasteiger partial charge in [0.1, 0.15) is 12.7 Å². The van der Waals surface area contributed by atoms with E-state index in [1.54, 1.807) is 0 Å². The third-order valence-corrected chi connectivity index (χ3v) is 4.44. The van der Waals surface area contributed by atoms with Gasteiger partial charge in [-0.15, -0.1) is 0 Å². The first-order valence-electron chi connectivity index (χ1n) is 6.43. The maximum Gasteiger partial charge on any atom is 0.411 e. The number of carbonyl (C=O) groups excluding carboxylic acids is 1. The highest BCUT2D eigenvalue weighted by Gasteiger charge is 2.31. The first-order valence-corrected chi connectivity index (χ1v) is 8.28. The molecule has 0 aliphatic carbocycles. The molecule has 1 aliphatic heterocycles. The Morgan fingerprint density at radius 3 is 2.33 bits per heavy atom. The Kier molecular flexibility index (Phi) is 6.00. The molecule has 0 radical (unpaired) electrons. The van der Waals surface area contributed by atoms with Crippen molar-refractivity contribution < 1.29 is 31.1 Å². The number of alkyl halides is 3. The molecule has 1 amide bonds. The summed E-state index contributed by atoms with van der Waals surface area (Å²) in [6.07, 6.45) is -3.73. The van der Waals surface area contributed by atoms with Gasteiger partial charge < -0.3 is 10.1 Å². The van der Waals surface area contributed by atoms with E-state index in [0.717, 1.165) is 6.26 Å². The molecular formula is C11H19F3N2O4S. The number of hydrogen-bond donors (Lipinski definition) is 1. The smallest absolute Gasteiger partial charge is 0.359 e. The summed E-state index contributed by atoms with van der Waals surface area (Å²) < 4.78 is 64.3. The molecule has 1 rings (SSSR count). The van der Waals surface area contributed by atoms with Gasteiger partial charge in [-0.3, -0.25) is 4.79 Å². The van der Waals surface area contributed by atoms with E-state index in [4.69, 9.17) is 0 Å². The van der Waals surface area contributed by atoms with Crippen molar-refractivity contribution in [1.29, 1.82) is 0 Å². The van der Waals surface area contributed by atoms with Crippen molar-refractivity contribution in [3.63, 3.8) is 0 Å². The number of halogens is 3. The molecule has 1 atom stereocenters. The summed E-state index contributed by atoms with van der Waals surface area (Å²) >= 11 is 0. The van der Waals surface area contributed by atoms with E-state index in [0.29, 0.717) is 12.8 Å². The highest BCUT2D eigenvalue weighted by molar-refractivity contribution is 7.88. The van der Waals surface area contributed by atoms with Gasteiger partial charge in [0.2, 0.25) is 15.9 Å². The van der Waals surface area contributed by atoms with Crippen LogP contribution in [0.2, 0.25) is 0 Å². The molecule has 0 aromatic rings. The number of carbonyl (C=O) groups is 1. The molecule has 0 unspecified atom stereocenters. The number of rotatable bonds is 5. The summed E-state index contributed by atoms with van der Waals surface area (Å²) in [4.78, 5) is 11.7. The zero-order valence-corrected chi connectivity index (χ0v) is 12.6. The molecule has 0 spiro atoms. The Morgan fingerprint density at radius 2 is 1.90 bits per heavy atom. The van der Waals surface area contributed by atoms with Crippen molar-refractivity contribution in [2.75, 3.05) is 26.0 Å². The molecule has 1 saturated heterocycles. The van der Waals surface area contributed by atoms with Crippen molar-refractivity contribution in [1.82, 2.24) is 9.62 Å². The van der Waals surface area contributed by atoms with E-state index in [-0.39, 0.29) is 19.1 Å². The Morgan fingerprint density at radius 1 is 1.38 bits per heavy atom. The highest BCUT2D eigenvalue weighted by atomic mass is 32.2. The van der Waals surface area contributed by atoms with E-state index in [2.05, 4.69) is 10.1 Å². The van der Waals surface area contributed by atoms with Gasteiger partial charge in [-0.25, -0.2) is 12.7 Å². The fraction of sp³-hybridized carbons (Fsp3) is 0.909. The predicted molar refractivity (Wildman–Crippen MR) is 69.1 cm³/mol. The molecule has 0 aromatic heterocycles. The van der Waals surface area contributed by atoms with E-state index in [9.17, 15) is 26.4 Å². The van der Waals surface area contributed by atoms with Crippen LogP contribution in [0.1, 0.15) is 19.8 Å². The van der Waals surface area contributed by atoms with Gasteiger partial charge in [-0.1, -0.05) is 0 Å². The Balaban J connectivity index is 2.36. The topological polar surface area (TPSA) is 75.7 Å². The second kappa shape index (κ2) is 6.93. The van der Waals surface area contributed by atoms with E-state index >= 15 is 0 Å². The lowest BCUT2D eigenvalue weighted by Crippen LogP contribution is -2.48. The van der Waals surface area contributed by atoms with Crippen LogP contribution in [0.15, 0.2) is 0 Å². The largest absolute Gasteiger partial charge is 0.411 e. The molecule has 0 bridgehead atoms. The molecular weight excluding hydrogens is 313 g/mol. The van der Waals surface area contributed by atoms with Gasteiger partial charge in [0.05, 0.1) is 6.26 Å². The van der Waals surface area contributed by atoms with Crippen LogP contribution in [0.25, 0.3) is 0 Å². The highest BCUT2D eigenvalue weighted by Crippen LogP contribution is 2.16. The van der Waals surface area contributed by atoms with Gasteiger partial charge in [-0.2, -0.15) is 13.2 Å². The Bertz CT molecular complexity index is 459. The number of ether oxygens (including phenoxy) is 1. The van der Waals surface area contributed by atoms with Gasteiger partial charge in [0, 0.05) is 19.1 Å². The zero-order chi connectivity index (χ0) is 16.3. The van der Waals surface area contributed by atoms with E-state index in [1.165, 1.54) is 11.2 Å². The summed E-state index contributed by atoms with van der Waals surface area (Å²) in [6.45, 7) is 0.323. The average Bonchev–Trinajstić information content (AvgIpc) is 2.34. The van der Waals surface area contributed by atoms with Crippen molar-refractivity contribution in [3.8, 4) is 0 Å². The zero-order valence-electron chi connectivity index (χ0n) is 11.8. The molecule has 21 heavy (non-hydrogen) atoms. The fourth-order valence-electron chi connectivity index (χ4n) is 1.95. The van der Waals surface area contributed by atoms with Gasteiger partial charge in [0.25, 0.3) is 0 Å². The van der Waals surface area contributed by atoms with Crippen LogP contribution < -0.4 is 5.32 Å². The maximum absolute atomic E-state index is 12.0. The van der Waals surface area contributed by atoms with Gasteiger partial charge in [0.15, 0.2) is 0 Å². The molecule has 1 N–H and O–H groups in total. The van der Waals surface area contributed by atoms with E-state index in [1.807, 2.05) is 0 Å². The second-order valence-electron chi connectivity index (χ2n) is 5.01. The maximum atomic E-state index is 12.0. The van der Waals surface area contributed by atoms with Crippen molar-refractivity contribution in [2.24, 2.45) is 0 Å². The third-order valence-electron chi connectivity index (χ3n) is 3.14. The van der Waals surface area contributed by atoms with Gasteiger partial charge >= 0.3 is 6.18 Å².